The molecule has 0 heterocycles. The fourth-order valence-electron chi connectivity index (χ4n) is 4.03. The van der Waals surface area contributed by atoms with Gasteiger partial charge in [-0.15, -0.1) is 0 Å². The average molecular weight is 566 g/mol. The summed E-state index contributed by atoms with van der Waals surface area (Å²) in [6.07, 6.45) is 2.22. The summed E-state index contributed by atoms with van der Waals surface area (Å²) >= 11 is 0. The number of aliphatic carboxylic acids is 1. The van der Waals surface area contributed by atoms with Crippen molar-refractivity contribution in [3.63, 3.8) is 0 Å². The summed E-state index contributed by atoms with van der Waals surface area (Å²) in [5.74, 6) is -1.71. The third kappa shape index (κ3) is 12.2. The first-order chi connectivity index (χ1) is 18.5. The van der Waals surface area contributed by atoms with Crippen LogP contribution in [-0.2, 0) is 30.2 Å². The number of hydrogen-bond acceptors (Lipinski definition) is 10. The highest BCUT2D eigenvalue weighted by atomic mass is 16.8. The highest BCUT2D eigenvalue weighted by molar-refractivity contribution is 5.74. The molecule has 2 atom stereocenters. The van der Waals surface area contributed by atoms with Crippen LogP contribution in [-0.4, -0.2) is 59.2 Å². The van der Waals surface area contributed by atoms with E-state index in [1.165, 1.54) is 12.1 Å². The van der Waals surface area contributed by atoms with Crippen LogP contribution in [0.4, 0.5) is 9.59 Å². The van der Waals surface area contributed by atoms with E-state index < -0.39 is 41.6 Å². The smallest absolute Gasteiger partial charge is 0.480 e. The minimum absolute atomic E-state index is 0.00395. The maximum absolute atomic E-state index is 12.4. The Balaban J connectivity index is 2.12. The van der Waals surface area contributed by atoms with Gasteiger partial charge >= 0.3 is 24.2 Å². The van der Waals surface area contributed by atoms with Crippen molar-refractivity contribution in [3.8, 4) is 11.5 Å². The highest BCUT2D eigenvalue weighted by Gasteiger charge is 2.27. The fraction of sp³-hybridized carbons (Fsp3) is 0.655. The molecule has 2 N–H and O–H groups in total. The first-order valence-corrected chi connectivity index (χ1v) is 13.6. The van der Waals surface area contributed by atoms with Crippen LogP contribution in [0.3, 0.4) is 0 Å². The lowest BCUT2D eigenvalue weighted by Gasteiger charge is -2.23. The number of rotatable bonds is 10. The largest absolute Gasteiger partial charge is 0.514 e. The van der Waals surface area contributed by atoms with E-state index in [1.807, 2.05) is 0 Å². The Hall–Kier alpha value is -3.34. The first-order valence-electron chi connectivity index (χ1n) is 13.6. The van der Waals surface area contributed by atoms with Crippen molar-refractivity contribution in [3.05, 3.63) is 23.8 Å². The molecule has 0 spiro atoms. The molecule has 1 aliphatic carbocycles. The van der Waals surface area contributed by atoms with E-state index >= 15 is 0 Å². The Morgan fingerprint density at radius 1 is 0.900 bits per heavy atom. The summed E-state index contributed by atoms with van der Waals surface area (Å²) in [5.41, 5.74) is -1.18. The molecule has 1 aromatic carbocycles. The van der Waals surface area contributed by atoms with Crippen molar-refractivity contribution in [2.45, 2.75) is 110 Å². The SMILES string of the molecule is CC(CN[C@@H](Cc1ccc(OC(=O)OC(C)(C)C)c(OC(=O)OC(C)(C)C)c1)C(=O)O)OC(=O)C1CCCCC1. The molecule has 0 aliphatic heterocycles. The zero-order chi connectivity index (χ0) is 30.1. The van der Waals surface area contributed by atoms with E-state index in [2.05, 4.69) is 5.32 Å². The Bertz CT molecular complexity index is 1030. The minimum Gasteiger partial charge on any atom is -0.480 e. The van der Waals surface area contributed by atoms with Gasteiger partial charge in [-0.05, 0) is 85.4 Å². The lowest BCUT2D eigenvalue weighted by atomic mass is 9.89. The number of carboxylic acid groups (broad SMARTS) is 1. The molecule has 40 heavy (non-hydrogen) atoms. The molecule has 0 radical (unpaired) electrons. The lowest BCUT2D eigenvalue weighted by Crippen LogP contribution is -2.43. The molecule has 1 aliphatic rings. The van der Waals surface area contributed by atoms with Crippen LogP contribution in [0.1, 0.15) is 86.1 Å². The topological polar surface area (TPSA) is 147 Å². The van der Waals surface area contributed by atoms with Crippen LogP contribution in [0, 0.1) is 5.92 Å². The van der Waals surface area contributed by atoms with E-state index in [0.29, 0.717) is 5.56 Å². The van der Waals surface area contributed by atoms with Crippen molar-refractivity contribution < 1.29 is 48.0 Å². The fourth-order valence-corrected chi connectivity index (χ4v) is 4.03. The van der Waals surface area contributed by atoms with Crippen LogP contribution in [0.15, 0.2) is 18.2 Å². The molecular formula is C29H43NO10. The van der Waals surface area contributed by atoms with Crippen LogP contribution >= 0.6 is 0 Å². The maximum atomic E-state index is 12.4. The average Bonchev–Trinajstić information content (AvgIpc) is 2.81. The summed E-state index contributed by atoms with van der Waals surface area (Å²) in [5, 5.41) is 12.7. The number of ether oxygens (including phenoxy) is 5. The van der Waals surface area contributed by atoms with Gasteiger partial charge in [0.1, 0.15) is 23.3 Å². The Morgan fingerprint density at radius 2 is 1.45 bits per heavy atom. The van der Waals surface area contributed by atoms with Crippen molar-refractivity contribution in [2.24, 2.45) is 5.92 Å². The second-order valence-corrected chi connectivity index (χ2v) is 12.0. The zero-order valence-electron chi connectivity index (χ0n) is 24.5. The number of esters is 1. The second-order valence-electron chi connectivity index (χ2n) is 12.0. The minimum atomic E-state index is -1.12. The molecule has 0 bridgehead atoms. The Morgan fingerprint density at radius 3 is 1.98 bits per heavy atom. The van der Waals surface area contributed by atoms with E-state index in [9.17, 15) is 24.3 Å². The van der Waals surface area contributed by atoms with Crippen molar-refractivity contribution in [1.29, 1.82) is 0 Å². The van der Waals surface area contributed by atoms with Crippen LogP contribution in [0.5, 0.6) is 11.5 Å². The lowest BCUT2D eigenvalue weighted by molar-refractivity contribution is -0.154. The molecule has 2 rings (SSSR count). The standard InChI is InChI=1S/C29H43NO10/c1-18(36-25(33)20-11-9-8-10-12-20)17-30-21(24(31)32)15-19-13-14-22(37-26(34)39-28(2,3)4)23(16-19)38-27(35)40-29(5,6)7/h13-14,16,18,20-21,30H,8-12,15,17H2,1-7H3,(H,31,32)/t18?,21-/m0/s1. The van der Waals surface area contributed by atoms with Crippen molar-refractivity contribution >= 4 is 24.2 Å². The summed E-state index contributed by atoms with van der Waals surface area (Å²) in [4.78, 5) is 49.0. The van der Waals surface area contributed by atoms with Gasteiger partial charge in [0.25, 0.3) is 0 Å². The van der Waals surface area contributed by atoms with Gasteiger partial charge in [0.2, 0.25) is 0 Å². The molecule has 11 heteroatoms. The predicted molar refractivity (Wildman–Crippen MR) is 145 cm³/mol. The van der Waals surface area contributed by atoms with Gasteiger partial charge in [-0.2, -0.15) is 0 Å². The quantitative estimate of drug-likeness (QED) is 0.213. The van der Waals surface area contributed by atoms with Gasteiger partial charge in [-0.25, -0.2) is 9.59 Å². The van der Waals surface area contributed by atoms with Gasteiger partial charge in [0.05, 0.1) is 5.92 Å². The third-order valence-corrected chi connectivity index (χ3v) is 5.82. The number of hydrogen-bond donors (Lipinski definition) is 2. The molecule has 0 aromatic heterocycles. The Kier molecular flexibility index (Phi) is 11.8. The van der Waals surface area contributed by atoms with Gasteiger partial charge in [-0.1, -0.05) is 25.3 Å². The molecule has 1 unspecified atom stereocenters. The number of benzene rings is 1. The van der Waals surface area contributed by atoms with Crippen molar-refractivity contribution in [1.82, 2.24) is 5.32 Å². The summed E-state index contributed by atoms with van der Waals surface area (Å²) in [7, 11) is 0. The molecular weight excluding hydrogens is 522 g/mol. The van der Waals surface area contributed by atoms with Gasteiger partial charge in [0.15, 0.2) is 11.5 Å². The second kappa shape index (κ2) is 14.3. The number of carboxylic acids is 1. The van der Waals surface area contributed by atoms with Crippen LogP contribution in [0.25, 0.3) is 0 Å². The normalized spacial score (nSPS) is 15.9. The monoisotopic (exact) mass is 565 g/mol. The van der Waals surface area contributed by atoms with E-state index in [4.69, 9.17) is 23.7 Å². The molecule has 11 nitrogen and oxygen atoms in total. The summed E-state index contributed by atoms with van der Waals surface area (Å²) in [6.45, 7) is 11.9. The summed E-state index contributed by atoms with van der Waals surface area (Å²) in [6, 6.07) is 3.29. The van der Waals surface area contributed by atoms with Gasteiger partial charge < -0.3 is 34.1 Å². The predicted octanol–water partition coefficient (Wildman–Crippen LogP) is 5.41. The molecule has 0 saturated heterocycles. The molecule has 1 fully saturated rings. The maximum Gasteiger partial charge on any atom is 0.514 e. The number of carbonyl (C=O) groups is 4. The molecule has 1 saturated carbocycles. The number of nitrogens with one attached hydrogen (secondary N) is 1. The van der Waals surface area contributed by atoms with Crippen LogP contribution < -0.4 is 14.8 Å². The molecule has 0 amide bonds. The first kappa shape index (κ1) is 32.9. The molecule has 224 valence electrons. The van der Waals surface area contributed by atoms with Crippen molar-refractivity contribution in [2.75, 3.05) is 6.54 Å². The highest BCUT2D eigenvalue weighted by Crippen LogP contribution is 2.31. The Labute approximate surface area is 235 Å². The van der Waals surface area contributed by atoms with Crippen LogP contribution in [0.2, 0.25) is 0 Å². The summed E-state index contributed by atoms with van der Waals surface area (Å²) < 4.78 is 26.5. The number of carbonyl (C=O) groups excluding carboxylic acids is 3. The third-order valence-electron chi connectivity index (χ3n) is 5.82. The van der Waals surface area contributed by atoms with E-state index in [0.717, 1.165) is 32.1 Å². The molecule has 1 aromatic rings. The van der Waals surface area contributed by atoms with E-state index in [1.54, 1.807) is 54.5 Å². The van der Waals surface area contributed by atoms with E-state index in [-0.39, 0.29) is 36.4 Å². The zero-order valence-corrected chi connectivity index (χ0v) is 24.5. The van der Waals surface area contributed by atoms with Gasteiger partial charge in [0, 0.05) is 6.54 Å². The van der Waals surface area contributed by atoms with Gasteiger partial charge in [-0.3, -0.25) is 9.59 Å².